The molecule has 0 bridgehead atoms. The molecule has 2 N–H and O–H groups in total. The van der Waals surface area contributed by atoms with Crippen LogP contribution in [0.5, 0.6) is 5.75 Å². The first kappa shape index (κ1) is 22.9. The molecule has 2 unspecified atom stereocenters. The van der Waals surface area contributed by atoms with Crippen LogP contribution in [0.1, 0.15) is 39.2 Å². The lowest BCUT2D eigenvalue weighted by atomic mass is 10.1. The summed E-state index contributed by atoms with van der Waals surface area (Å²) in [5.41, 5.74) is 0.880. The van der Waals surface area contributed by atoms with Crippen molar-refractivity contribution in [2.45, 2.75) is 57.0 Å². The number of hydrogen-bond donors (Lipinski definition) is 2. The Bertz CT molecular complexity index is 867. The second-order valence-electron chi connectivity index (χ2n) is 6.97. The Morgan fingerprint density at radius 1 is 1.03 bits per heavy atom. The van der Waals surface area contributed by atoms with Crippen molar-refractivity contribution in [1.82, 2.24) is 10.0 Å². The molecule has 0 radical (unpaired) electrons. The largest absolute Gasteiger partial charge is 0.494 e. The number of amides is 1. The van der Waals surface area contributed by atoms with Gasteiger partial charge in [0.2, 0.25) is 15.9 Å². The van der Waals surface area contributed by atoms with E-state index in [0.29, 0.717) is 12.4 Å². The summed E-state index contributed by atoms with van der Waals surface area (Å²) in [5.74, 6) is 0.266. The SMILES string of the molecule is CCCC(C)NC(=O)C(Cc1ccccc1)NS(=O)(=O)c1ccc(OCC)cc1. The van der Waals surface area contributed by atoms with E-state index < -0.39 is 16.1 Å². The van der Waals surface area contributed by atoms with E-state index >= 15 is 0 Å². The van der Waals surface area contributed by atoms with E-state index in [1.54, 1.807) is 12.1 Å². The molecule has 7 heteroatoms. The normalized spacial score (nSPS) is 13.5. The van der Waals surface area contributed by atoms with Gasteiger partial charge in [-0.25, -0.2) is 8.42 Å². The van der Waals surface area contributed by atoms with Crippen LogP contribution in [0, 0.1) is 0 Å². The first-order valence-electron chi connectivity index (χ1n) is 9.95. The minimum atomic E-state index is -3.87. The molecule has 2 atom stereocenters. The summed E-state index contributed by atoms with van der Waals surface area (Å²) in [6.45, 7) is 6.32. The van der Waals surface area contributed by atoms with Crippen LogP contribution in [0.3, 0.4) is 0 Å². The van der Waals surface area contributed by atoms with Crippen LogP contribution in [0.15, 0.2) is 59.5 Å². The summed E-state index contributed by atoms with van der Waals surface area (Å²) in [7, 11) is -3.87. The van der Waals surface area contributed by atoms with Gasteiger partial charge >= 0.3 is 0 Å². The third kappa shape index (κ3) is 7.18. The van der Waals surface area contributed by atoms with Crippen molar-refractivity contribution in [1.29, 1.82) is 0 Å². The van der Waals surface area contributed by atoms with Crippen molar-refractivity contribution >= 4 is 15.9 Å². The van der Waals surface area contributed by atoms with Crippen LogP contribution >= 0.6 is 0 Å². The standard InChI is InChI=1S/C22H30N2O4S/c1-4-9-17(3)23-22(25)21(16-18-10-7-6-8-11-18)24-29(26,27)20-14-12-19(13-15-20)28-5-2/h6-8,10-15,17,21,24H,4-5,9,16H2,1-3H3,(H,23,25). The highest BCUT2D eigenvalue weighted by Crippen LogP contribution is 2.17. The Morgan fingerprint density at radius 3 is 2.28 bits per heavy atom. The zero-order valence-corrected chi connectivity index (χ0v) is 18.0. The van der Waals surface area contributed by atoms with Gasteiger partial charge in [-0.15, -0.1) is 0 Å². The molecule has 0 aliphatic heterocycles. The Balaban J connectivity index is 2.21. The highest BCUT2D eigenvalue weighted by molar-refractivity contribution is 7.89. The topological polar surface area (TPSA) is 84.5 Å². The molecule has 29 heavy (non-hydrogen) atoms. The molecule has 6 nitrogen and oxygen atoms in total. The fourth-order valence-electron chi connectivity index (χ4n) is 3.02. The Morgan fingerprint density at radius 2 is 1.69 bits per heavy atom. The molecule has 0 heterocycles. The van der Waals surface area contributed by atoms with Crippen molar-refractivity contribution in [2.24, 2.45) is 0 Å². The third-order valence-corrected chi connectivity index (χ3v) is 5.94. The van der Waals surface area contributed by atoms with E-state index in [2.05, 4.69) is 10.0 Å². The van der Waals surface area contributed by atoms with Gasteiger partial charge in [0.15, 0.2) is 0 Å². The van der Waals surface area contributed by atoms with Crippen LogP contribution in [0.2, 0.25) is 0 Å². The maximum Gasteiger partial charge on any atom is 0.241 e. The van der Waals surface area contributed by atoms with Gasteiger partial charge in [-0.2, -0.15) is 4.72 Å². The Kier molecular flexibility index (Phi) is 8.67. The summed E-state index contributed by atoms with van der Waals surface area (Å²) in [4.78, 5) is 12.9. The highest BCUT2D eigenvalue weighted by Gasteiger charge is 2.27. The summed E-state index contributed by atoms with van der Waals surface area (Å²) < 4.78 is 33.7. The number of carbonyl (C=O) groups is 1. The molecule has 0 saturated heterocycles. The van der Waals surface area contributed by atoms with E-state index in [9.17, 15) is 13.2 Å². The number of nitrogens with one attached hydrogen (secondary N) is 2. The number of ether oxygens (including phenoxy) is 1. The monoisotopic (exact) mass is 418 g/mol. The van der Waals surface area contributed by atoms with Gasteiger partial charge in [-0.05, 0) is 56.5 Å². The Hall–Kier alpha value is -2.38. The molecule has 0 fully saturated rings. The number of carbonyl (C=O) groups excluding carboxylic acids is 1. The number of rotatable bonds is 11. The lowest BCUT2D eigenvalue weighted by molar-refractivity contribution is -0.123. The molecule has 2 aromatic carbocycles. The predicted molar refractivity (Wildman–Crippen MR) is 114 cm³/mol. The zero-order valence-electron chi connectivity index (χ0n) is 17.2. The van der Waals surface area contributed by atoms with Gasteiger partial charge in [-0.1, -0.05) is 43.7 Å². The van der Waals surface area contributed by atoms with Gasteiger partial charge in [0.05, 0.1) is 11.5 Å². The highest BCUT2D eigenvalue weighted by atomic mass is 32.2. The zero-order chi connectivity index (χ0) is 21.3. The van der Waals surface area contributed by atoms with E-state index in [1.165, 1.54) is 12.1 Å². The molecule has 2 aromatic rings. The van der Waals surface area contributed by atoms with Crippen LogP contribution in [0.25, 0.3) is 0 Å². The maximum absolute atomic E-state index is 12.9. The number of hydrogen-bond acceptors (Lipinski definition) is 4. The van der Waals surface area contributed by atoms with Crippen LogP contribution in [-0.2, 0) is 21.2 Å². The quantitative estimate of drug-likeness (QED) is 0.587. The van der Waals surface area contributed by atoms with Gasteiger partial charge in [0.25, 0.3) is 0 Å². The minimum Gasteiger partial charge on any atom is -0.494 e. The minimum absolute atomic E-state index is 0.0271. The van der Waals surface area contributed by atoms with Gasteiger partial charge in [-0.3, -0.25) is 4.79 Å². The smallest absolute Gasteiger partial charge is 0.241 e. The lowest BCUT2D eigenvalue weighted by Crippen LogP contribution is -2.50. The summed E-state index contributed by atoms with van der Waals surface area (Å²) in [6, 6.07) is 14.6. The maximum atomic E-state index is 12.9. The van der Waals surface area contributed by atoms with E-state index in [-0.39, 0.29) is 23.3 Å². The molecule has 1 amide bonds. The molecule has 2 rings (SSSR count). The number of benzene rings is 2. The molecule has 0 aliphatic rings. The second-order valence-corrected chi connectivity index (χ2v) is 8.68. The summed E-state index contributed by atoms with van der Waals surface area (Å²) >= 11 is 0. The van der Waals surface area contributed by atoms with Crippen molar-refractivity contribution < 1.29 is 17.9 Å². The molecule has 0 aliphatic carbocycles. The van der Waals surface area contributed by atoms with Crippen molar-refractivity contribution in [2.75, 3.05) is 6.61 Å². The fourth-order valence-corrected chi connectivity index (χ4v) is 4.22. The first-order valence-corrected chi connectivity index (χ1v) is 11.4. The average Bonchev–Trinajstić information content (AvgIpc) is 2.69. The first-order chi connectivity index (χ1) is 13.9. The molecule has 0 spiro atoms. The third-order valence-electron chi connectivity index (χ3n) is 4.45. The van der Waals surface area contributed by atoms with Crippen LogP contribution < -0.4 is 14.8 Å². The van der Waals surface area contributed by atoms with Gasteiger partial charge < -0.3 is 10.1 Å². The second kappa shape index (κ2) is 11.0. The van der Waals surface area contributed by atoms with E-state index in [0.717, 1.165) is 18.4 Å². The summed E-state index contributed by atoms with van der Waals surface area (Å²) in [5, 5.41) is 2.92. The fraction of sp³-hybridized carbons (Fsp3) is 0.409. The predicted octanol–water partition coefficient (Wildman–Crippen LogP) is 3.28. The van der Waals surface area contributed by atoms with Crippen molar-refractivity contribution in [3.05, 3.63) is 60.2 Å². The van der Waals surface area contributed by atoms with Crippen molar-refractivity contribution in [3.63, 3.8) is 0 Å². The Labute approximate surface area is 173 Å². The molecular formula is C22H30N2O4S. The van der Waals surface area contributed by atoms with Crippen LogP contribution in [-0.4, -0.2) is 33.0 Å². The lowest BCUT2D eigenvalue weighted by Gasteiger charge is -2.21. The van der Waals surface area contributed by atoms with Gasteiger partial charge in [0, 0.05) is 6.04 Å². The molecular weight excluding hydrogens is 388 g/mol. The van der Waals surface area contributed by atoms with Crippen LogP contribution in [0.4, 0.5) is 0 Å². The van der Waals surface area contributed by atoms with E-state index in [1.807, 2.05) is 51.1 Å². The number of sulfonamides is 1. The average molecular weight is 419 g/mol. The van der Waals surface area contributed by atoms with Gasteiger partial charge in [0.1, 0.15) is 11.8 Å². The van der Waals surface area contributed by atoms with Crippen molar-refractivity contribution in [3.8, 4) is 5.75 Å². The summed E-state index contributed by atoms with van der Waals surface area (Å²) in [6.07, 6.45) is 2.03. The molecule has 0 saturated carbocycles. The van der Waals surface area contributed by atoms with E-state index in [4.69, 9.17) is 4.74 Å². The molecule has 0 aromatic heterocycles. The molecule has 158 valence electrons.